The standard InChI is InChI=1S/C14H13N3O2/c1-14(2)10(7-15)11(14)13-16-12(17-19-13)8-3-5-9(18)6-4-8/h3-6,10-11,18H,1-2H3. The van der Waals surface area contributed by atoms with Crippen LogP contribution in [0.5, 0.6) is 5.75 Å². The molecule has 3 rings (SSSR count). The van der Waals surface area contributed by atoms with E-state index in [2.05, 4.69) is 16.2 Å². The van der Waals surface area contributed by atoms with Gasteiger partial charge in [0.2, 0.25) is 11.7 Å². The number of benzene rings is 1. The van der Waals surface area contributed by atoms with E-state index in [1.54, 1.807) is 24.3 Å². The third-order valence-corrected chi connectivity index (χ3v) is 3.80. The molecule has 1 heterocycles. The maximum atomic E-state index is 9.24. The van der Waals surface area contributed by atoms with E-state index in [1.807, 2.05) is 13.8 Å². The molecule has 1 aromatic heterocycles. The first kappa shape index (κ1) is 11.7. The summed E-state index contributed by atoms with van der Waals surface area (Å²) in [6.45, 7) is 4.05. The molecule has 19 heavy (non-hydrogen) atoms. The molecule has 1 N–H and O–H groups in total. The van der Waals surface area contributed by atoms with Crippen LogP contribution in [0.4, 0.5) is 0 Å². The van der Waals surface area contributed by atoms with Crippen LogP contribution in [-0.2, 0) is 0 Å². The minimum absolute atomic E-state index is 0.0101. The summed E-state index contributed by atoms with van der Waals surface area (Å²) in [4.78, 5) is 4.36. The zero-order valence-corrected chi connectivity index (χ0v) is 10.7. The molecule has 1 aromatic carbocycles. The van der Waals surface area contributed by atoms with Gasteiger partial charge in [0, 0.05) is 5.56 Å². The summed E-state index contributed by atoms with van der Waals surface area (Å²) in [5.41, 5.74) is 0.674. The molecule has 0 spiro atoms. The van der Waals surface area contributed by atoms with Crippen LogP contribution in [0.25, 0.3) is 11.4 Å². The van der Waals surface area contributed by atoms with Crippen molar-refractivity contribution < 1.29 is 9.63 Å². The van der Waals surface area contributed by atoms with Crippen LogP contribution in [0.2, 0.25) is 0 Å². The SMILES string of the molecule is CC1(C)C(C#N)C1c1nc(-c2ccc(O)cc2)no1. The molecule has 1 aliphatic rings. The molecule has 2 atom stereocenters. The Morgan fingerprint density at radius 1 is 1.32 bits per heavy atom. The van der Waals surface area contributed by atoms with Gasteiger partial charge in [0.25, 0.3) is 0 Å². The van der Waals surface area contributed by atoms with Gasteiger partial charge in [-0.05, 0) is 29.7 Å². The summed E-state index contributed by atoms with van der Waals surface area (Å²) >= 11 is 0. The lowest BCUT2D eigenvalue weighted by Gasteiger charge is -1.95. The first-order valence-electron chi connectivity index (χ1n) is 6.06. The van der Waals surface area contributed by atoms with E-state index in [9.17, 15) is 5.11 Å². The number of aromatic hydroxyl groups is 1. The third-order valence-electron chi connectivity index (χ3n) is 3.80. The van der Waals surface area contributed by atoms with Gasteiger partial charge >= 0.3 is 0 Å². The summed E-state index contributed by atoms with van der Waals surface area (Å²) in [7, 11) is 0. The predicted octanol–water partition coefficient (Wildman–Crippen LogP) is 2.71. The molecule has 2 unspecified atom stereocenters. The van der Waals surface area contributed by atoms with Gasteiger partial charge in [-0.2, -0.15) is 10.2 Å². The Labute approximate surface area is 110 Å². The van der Waals surface area contributed by atoms with Crippen LogP contribution in [0.1, 0.15) is 25.7 Å². The second-order valence-electron chi connectivity index (χ2n) is 5.41. The Morgan fingerprint density at radius 3 is 2.58 bits per heavy atom. The van der Waals surface area contributed by atoms with Crippen LogP contribution < -0.4 is 0 Å². The summed E-state index contributed by atoms with van der Waals surface area (Å²) in [5, 5.41) is 22.2. The van der Waals surface area contributed by atoms with Crippen LogP contribution >= 0.6 is 0 Å². The molecule has 0 bridgehead atoms. The molecule has 1 aliphatic carbocycles. The molecule has 0 aliphatic heterocycles. The number of phenols is 1. The normalized spacial score (nSPS) is 23.8. The van der Waals surface area contributed by atoms with Crippen molar-refractivity contribution in [1.29, 1.82) is 5.26 Å². The van der Waals surface area contributed by atoms with Gasteiger partial charge in [0.05, 0.1) is 17.9 Å². The number of aromatic nitrogens is 2. The van der Waals surface area contributed by atoms with Gasteiger partial charge in [-0.15, -0.1) is 0 Å². The van der Waals surface area contributed by atoms with Gasteiger partial charge in [0.1, 0.15) is 5.75 Å². The fraction of sp³-hybridized carbons (Fsp3) is 0.357. The summed E-state index contributed by atoms with van der Waals surface area (Å²) in [6.07, 6.45) is 0. The number of hydrogen-bond donors (Lipinski definition) is 1. The van der Waals surface area contributed by atoms with E-state index in [-0.39, 0.29) is 23.0 Å². The molecule has 1 saturated carbocycles. The van der Waals surface area contributed by atoms with Crippen molar-refractivity contribution in [2.45, 2.75) is 19.8 Å². The number of nitriles is 1. The highest BCUT2D eigenvalue weighted by atomic mass is 16.5. The minimum atomic E-state index is -0.104. The van der Waals surface area contributed by atoms with Crippen LogP contribution in [0, 0.1) is 22.7 Å². The molecular formula is C14H13N3O2. The maximum absolute atomic E-state index is 9.24. The van der Waals surface area contributed by atoms with Crippen molar-refractivity contribution in [3.05, 3.63) is 30.2 Å². The van der Waals surface area contributed by atoms with Gasteiger partial charge in [-0.3, -0.25) is 0 Å². The predicted molar refractivity (Wildman–Crippen MR) is 67.0 cm³/mol. The Hall–Kier alpha value is -2.35. The van der Waals surface area contributed by atoms with Gasteiger partial charge in [-0.25, -0.2) is 0 Å². The number of rotatable bonds is 2. The average Bonchev–Trinajstić information content (AvgIpc) is 2.76. The van der Waals surface area contributed by atoms with Crippen LogP contribution in [-0.4, -0.2) is 15.2 Å². The largest absolute Gasteiger partial charge is 0.508 e. The van der Waals surface area contributed by atoms with E-state index in [0.29, 0.717) is 11.7 Å². The van der Waals surface area contributed by atoms with Crippen molar-refractivity contribution in [3.8, 4) is 23.2 Å². The van der Waals surface area contributed by atoms with E-state index in [4.69, 9.17) is 9.78 Å². The first-order valence-corrected chi connectivity index (χ1v) is 6.06. The average molecular weight is 255 g/mol. The van der Waals surface area contributed by atoms with Crippen molar-refractivity contribution >= 4 is 0 Å². The third kappa shape index (κ3) is 1.76. The monoisotopic (exact) mass is 255 g/mol. The molecule has 1 fully saturated rings. The van der Waals surface area contributed by atoms with Crippen molar-refractivity contribution in [2.75, 3.05) is 0 Å². The Morgan fingerprint density at radius 2 is 2.00 bits per heavy atom. The Kier molecular flexibility index (Phi) is 2.36. The highest BCUT2D eigenvalue weighted by molar-refractivity contribution is 5.55. The molecule has 96 valence electrons. The lowest BCUT2D eigenvalue weighted by molar-refractivity contribution is 0.368. The van der Waals surface area contributed by atoms with Crippen LogP contribution in [0.3, 0.4) is 0 Å². The smallest absolute Gasteiger partial charge is 0.232 e. The van der Waals surface area contributed by atoms with Crippen molar-refractivity contribution in [3.63, 3.8) is 0 Å². The Bertz CT molecular complexity index is 652. The van der Waals surface area contributed by atoms with Crippen LogP contribution in [0.15, 0.2) is 28.8 Å². The van der Waals surface area contributed by atoms with E-state index in [0.717, 1.165) is 5.56 Å². The molecule has 2 aromatic rings. The fourth-order valence-electron chi connectivity index (χ4n) is 2.43. The second-order valence-corrected chi connectivity index (χ2v) is 5.41. The molecular weight excluding hydrogens is 242 g/mol. The summed E-state index contributed by atoms with van der Waals surface area (Å²) < 4.78 is 5.27. The van der Waals surface area contributed by atoms with Crippen molar-refractivity contribution in [2.24, 2.45) is 11.3 Å². The molecule has 5 heteroatoms. The quantitative estimate of drug-likeness (QED) is 0.892. The maximum Gasteiger partial charge on any atom is 0.232 e. The summed E-state index contributed by atoms with van der Waals surface area (Å²) in [6, 6.07) is 8.87. The lowest BCUT2D eigenvalue weighted by atomic mass is 10.1. The minimum Gasteiger partial charge on any atom is -0.508 e. The van der Waals surface area contributed by atoms with Gasteiger partial charge < -0.3 is 9.63 Å². The van der Waals surface area contributed by atoms with Gasteiger partial charge in [0.15, 0.2) is 0 Å². The first-order chi connectivity index (χ1) is 9.04. The fourth-order valence-corrected chi connectivity index (χ4v) is 2.43. The second kappa shape index (κ2) is 3.82. The topological polar surface area (TPSA) is 82.9 Å². The number of hydrogen-bond acceptors (Lipinski definition) is 5. The molecule has 0 radical (unpaired) electrons. The highest BCUT2D eigenvalue weighted by Crippen LogP contribution is 2.63. The Balaban J connectivity index is 1.89. The van der Waals surface area contributed by atoms with Crippen molar-refractivity contribution in [1.82, 2.24) is 10.1 Å². The molecule has 5 nitrogen and oxygen atoms in total. The van der Waals surface area contributed by atoms with E-state index >= 15 is 0 Å². The molecule has 0 saturated heterocycles. The van der Waals surface area contributed by atoms with Gasteiger partial charge in [-0.1, -0.05) is 19.0 Å². The molecule has 0 amide bonds. The zero-order valence-electron chi connectivity index (χ0n) is 10.7. The lowest BCUT2D eigenvalue weighted by Crippen LogP contribution is -1.90. The van der Waals surface area contributed by atoms with E-state index < -0.39 is 0 Å². The summed E-state index contributed by atoms with van der Waals surface area (Å²) in [5.74, 6) is 1.13. The number of phenolic OH excluding ortho intramolecular Hbond substituents is 1. The number of nitrogens with zero attached hydrogens (tertiary/aromatic N) is 3. The van der Waals surface area contributed by atoms with E-state index in [1.165, 1.54) is 0 Å². The highest BCUT2D eigenvalue weighted by Gasteiger charge is 2.62. The zero-order chi connectivity index (χ0) is 13.6.